The number of esters is 1. The second-order valence-corrected chi connectivity index (χ2v) is 7.68. The number of anilines is 1. The van der Waals surface area contributed by atoms with Gasteiger partial charge in [-0.05, 0) is 41.3 Å². The number of rotatable bonds is 8. The molecule has 154 valence electrons. The summed E-state index contributed by atoms with van der Waals surface area (Å²) >= 11 is 0. The number of nitrogens with zero attached hydrogens (tertiary/aromatic N) is 1. The van der Waals surface area contributed by atoms with Gasteiger partial charge in [0.15, 0.2) is 0 Å². The maximum atomic E-state index is 12.6. The minimum absolute atomic E-state index is 0.102. The summed E-state index contributed by atoms with van der Waals surface area (Å²) in [6.45, 7) is 1.51. The third kappa shape index (κ3) is 4.69. The molecule has 4 rings (SSSR count). The normalized spacial score (nSPS) is 13.4. The fourth-order valence-electron chi connectivity index (χ4n) is 3.82. The van der Waals surface area contributed by atoms with Crippen molar-refractivity contribution in [2.24, 2.45) is 0 Å². The van der Waals surface area contributed by atoms with Crippen molar-refractivity contribution in [1.29, 1.82) is 0 Å². The molecule has 0 bridgehead atoms. The van der Waals surface area contributed by atoms with Crippen LogP contribution in [-0.4, -0.2) is 36.5 Å². The van der Waals surface area contributed by atoms with Gasteiger partial charge in [0.25, 0.3) is 0 Å². The molecule has 0 unspecified atom stereocenters. The van der Waals surface area contributed by atoms with Crippen molar-refractivity contribution in [3.8, 4) is 0 Å². The number of fused-ring (bicyclic) bond motifs is 1. The molecule has 0 radical (unpaired) electrons. The number of carbonyl (C=O) groups is 2. The molecule has 3 aromatic carbocycles. The Balaban J connectivity index is 1.41. The van der Waals surface area contributed by atoms with Gasteiger partial charge >= 0.3 is 5.97 Å². The van der Waals surface area contributed by atoms with Gasteiger partial charge in [-0.1, -0.05) is 54.6 Å². The molecule has 3 aromatic rings. The molecule has 1 amide bonds. The largest absolute Gasteiger partial charge is 0.465 e. The van der Waals surface area contributed by atoms with Crippen LogP contribution < -0.4 is 5.32 Å². The minimum Gasteiger partial charge on any atom is -0.465 e. The third-order valence-electron chi connectivity index (χ3n) is 5.55. The highest BCUT2D eigenvalue weighted by Gasteiger charge is 2.29. The van der Waals surface area contributed by atoms with E-state index in [2.05, 4.69) is 52.7 Å². The van der Waals surface area contributed by atoms with Gasteiger partial charge in [0.05, 0.1) is 18.4 Å². The fraction of sp³-hybridized carbons (Fsp3) is 0.280. The van der Waals surface area contributed by atoms with E-state index in [1.54, 1.807) is 24.3 Å². The molecule has 0 heterocycles. The fourth-order valence-corrected chi connectivity index (χ4v) is 3.82. The first-order valence-electron chi connectivity index (χ1n) is 10.3. The average Bonchev–Trinajstić information content (AvgIpc) is 3.62. The van der Waals surface area contributed by atoms with Gasteiger partial charge in [0.2, 0.25) is 5.91 Å². The number of hydrogen-bond donors (Lipinski definition) is 1. The zero-order chi connectivity index (χ0) is 20.9. The molecular formula is C25H26N2O3. The zero-order valence-electron chi connectivity index (χ0n) is 17.1. The van der Waals surface area contributed by atoms with E-state index in [9.17, 15) is 9.59 Å². The predicted octanol–water partition coefficient (Wildman–Crippen LogP) is 4.62. The van der Waals surface area contributed by atoms with Crippen LogP contribution in [-0.2, 0) is 16.1 Å². The van der Waals surface area contributed by atoms with Gasteiger partial charge in [0.1, 0.15) is 0 Å². The second-order valence-electron chi connectivity index (χ2n) is 7.68. The van der Waals surface area contributed by atoms with Gasteiger partial charge < -0.3 is 10.1 Å². The number of hydrogen-bond acceptors (Lipinski definition) is 4. The average molecular weight is 402 g/mol. The van der Waals surface area contributed by atoms with Crippen LogP contribution in [0.4, 0.5) is 5.69 Å². The molecule has 0 atom stereocenters. The van der Waals surface area contributed by atoms with Gasteiger partial charge in [-0.25, -0.2) is 4.79 Å². The number of ether oxygens (including phenoxy) is 1. The highest BCUT2D eigenvalue weighted by Crippen LogP contribution is 2.30. The topological polar surface area (TPSA) is 58.6 Å². The van der Waals surface area contributed by atoms with E-state index >= 15 is 0 Å². The van der Waals surface area contributed by atoms with Crippen molar-refractivity contribution in [3.63, 3.8) is 0 Å². The van der Waals surface area contributed by atoms with E-state index in [1.807, 2.05) is 0 Å². The molecule has 0 aliphatic heterocycles. The Bertz CT molecular complexity index is 1050. The van der Waals surface area contributed by atoms with Crippen molar-refractivity contribution >= 4 is 28.3 Å². The molecule has 0 aromatic heterocycles. The third-order valence-corrected chi connectivity index (χ3v) is 5.55. The van der Waals surface area contributed by atoms with Gasteiger partial charge in [-0.2, -0.15) is 0 Å². The van der Waals surface area contributed by atoms with E-state index in [-0.39, 0.29) is 5.91 Å². The van der Waals surface area contributed by atoms with E-state index in [4.69, 9.17) is 4.74 Å². The van der Waals surface area contributed by atoms with Crippen molar-refractivity contribution in [1.82, 2.24) is 4.90 Å². The molecule has 5 nitrogen and oxygen atoms in total. The van der Waals surface area contributed by atoms with E-state index in [0.29, 0.717) is 30.3 Å². The van der Waals surface area contributed by atoms with E-state index in [0.717, 1.165) is 6.54 Å². The van der Waals surface area contributed by atoms with Gasteiger partial charge in [0, 0.05) is 25.6 Å². The van der Waals surface area contributed by atoms with Crippen LogP contribution in [0, 0.1) is 0 Å². The maximum absolute atomic E-state index is 12.6. The summed E-state index contributed by atoms with van der Waals surface area (Å²) in [7, 11) is 1.34. The molecule has 0 spiro atoms. The Kier molecular flexibility index (Phi) is 6.10. The van der Waals surface area contributed by atoms with Crippen LogP contribution in [0.15, 0.2) is 66.7 Å². The van der Waals surface area contributed by atoms with Crippen LogP contribution in [0.2, 0.25) is 0 Å². The Morgan fingerprint density at radius 1 is 1.00 bits per heavy atom. The van der Waals surface area contributed by atoms with Crippen LogP contribution in [0.1, 0.15) is 35.2 Å². The molecule has 0 saturated heterocycles. The summed E-state index contributed by atoms with van der Waals surface area (Å²) in [6, 6.07) is 22.3. The summed E-state index contributed by atoms with van der Waals surface area (Å²) in [5.74, 6) is -0.559. The number of methoxy groups -OCH3 is 1. The SMILES string of the molecule is COC(=O)c1ccccc1NC(=O)CCN(Cc1cccc2ccccc12)C1CC1. The number of carbonyl (C=O) groups excluding carboxylic acids is 2. The molecule has 5 heteroatoms. The number of amides is 1. The summed E-state index contributed by atoms with van der Waals surface area (Å²) in [6.07, 6.45) is 2.73. The van der Waals surface area contributed by atoms with Crippen molar-refractivity contribution in [3.05, 3.63) is 77.9 Å². The molecule has 1 N–H and O–H groups in total. The van der Waals surface area contributed by atoms with Crippen LogP contribution >= 0.6 is 0 Å². The van der Waals surface area contributed by atoms with Crippen LogP contribution in [0.25, 0.3) is 10.8 Å². The molecular weight excluding hydrogens is 376 g/mol. The Morgan fingerprint density at radius 2 is 1.73 bits per heavy atom. The lowest BCUT2D eigenvalue weighted by molar-refractivity contribution is -0.116. The maximum Gasteiger partial charge on any atom is 0.339 e. The highest BCUT2D eigenvalue weighted by molar-refractivity contribution is 6.01. The first-order chi connectivity index (χ1) is 14.7. The summed E-state index contributed by atoms with van der Waals surface area (Å²) in [4.78, 5) is 26.9. The summed E-state index contributed by atoms with van der Waals surface area (Å²) in [5.41, 5.74) is 2.14. The minimum atomic E-state index is -0.457. The summed E-state index contributed by atoms with van der Waals surface area (Å²) < 4.78 is 4.80. The van der Waals surface area contributed by atoms with Crippen molar-refractivity contribution in [2.75, 3.05) is 19.0 Å². The van der Waals surface area contributed by atoms with Gasteiger partial charge in [-0.3, -0.25) is 9.69 Å². The Labute approximate surface area is 176 Å². The number of benzene rings is 3. The first kappa shape index (κ1) is 20.1. The van der Waals surface area contributed by atoms with Crippen LogP contribution in [0.5, 0.6) is 0 Å². The molecule has 1 aliphatic carbocycles. The lowest BCUT2D eigenvalue weighted by Gasteiger charge is -2.23. The first-order valence-corrected chi connectivity index (χ1v) is 10.3. The zero-order valence-corrected chi connectivity index (χ0v) is 17.1. The van der Waals surface area contributed by atoms with Gasteiger partial charge in [-0.15, -0.1) is 0 Å². The second kappa shape index (κ2) is 9.09. The van der Waals surface area contributed by atoms with Crippen molar-refractivity contribution in [2.45, 2.75) is 31.8 Å². The number of para-hydroxylation sites is 1. The smallest absolute Gasteiger partial charge is 0.339 e. The van der Waals surface area contributed by atoms with Crippen LogP contribution in [0.3, 0.4) is 0 Å². The Morgan fingerprint density at radius 3 is 2.53 bits per heavy atom. The molecule has 1 fully saturated rings. The lowest BCUT2D eigenvalue weighted by atomic mass is 10.0. The summed E-state index contributed by atoms with van der Waals surface area (Å²) in [5, 5.41) is 5.37. The van der Waals surface area contributed by atoms with Crippen molar-refractivity contribution < 1.29 is 14.3 Å². The quantitative estimate of drug-likeness (QED) is 0.559. The number of nitrogens with one attached hydrogen (secondary N) is 1. The highest BCUT2D eigenvalue weighted by atomic mass is 16.5. The predicted molar refractivity (Wildman–Crippen MR) is 118 cm³/mol. The Hall–Kier alpha value is -3.18. The molecule has 1 aliphatic rings. The monoisotopic (exact) mass is 402 g/mol. The lowest BCUT2D eigenvalue weighted by Crippen LogP contribution is -2.29. The van der Waals surface area contributed by atoms with E-state index in [1.165, 1.54) is 36.3 Å². The molecule has 1 saturated carbocycles. The molecule has 30 heavy (non-hydrogen) atoms. The standard InChI is InChI=1S/C25H26N2O3/c1-30-25(29)22-11-4-5-12-23(22)26-24(28)15-16-27(20-13-14-20)17-19-9-6-8-18-7-2-3-10-21(18)19/h2-12,20H,13-17H2,1H3,(H,26,28). The van der Waals surface area contributed by atoms with E-state index < -0.39 is 5.97 Å².